The minimum atomic E-state index is -0.427. The molecule has 1 saturated carbocycles. The average molecular weight is 254 g/mol. The van der Waals surface area contributed by atoms with Crippen LogP contribution < -0.4 is 10.6 Å². The minimum absolute atomic E-state index is 0.244. The van der Waals surface area contributed by atoms with Gasteiger partial charge in [-0.05, 0) is 47.0 Å². The van der Waals surface area contributed by atoms with Gasteiger partial charge in [0.25, 0.3) is 0 Å². The number of alkyl carbamates (subject to hydrolysis) is 1. The van der Waals surface area contributed by atoms with E-state index in [4.69, 9.17) is 4.74 Å². The Morgan fingerprint density at radius 3 is 2.56 bits per heavy atom. The predicted molar refractivity (Wildman–Crippen MR) is 73.6 cm³/mol. The Morgan fingerprint density at radius 1 is 1.44 bits per heavy atom. The molecule has 0 aromatic rings. The lowest BCUT2D eigenvalue weighted by molar-refractivity contribution is 0.0463. The predicted octanol–water partition coefficient (Wildman–Crippen LogP) is 2.60. The van der Waals surface area contributed by atoms with Crippen LogP contribution in [0.3, 0.4) is 0 Å². The topological polar surface area (TPSA) is 50.4 Å². The van der Waals surface area contributed by atoms with E-state index < -0.39 is 5.60 Å². The molecule has 1 aliphatic carbocycles. The molecule has 0 saturated heterocycles. The molecule has 0 aliphatic heterocycles. The molecule has 1 unspecified atom stereocenters. The van der Waals surface area contributed by atoms with Crippen molar-refractivity contribution in [3.05, 3.63) is 12.7 Å². The Morgan fingerprint density at radius 2 is 2.06 bits per heavy atom. The van der Waals surface area contributed by atoms with E-state index in [2.05, 4.69) is 24.1 Å². The normalized spacial score (nSPS) is 24.9. The van der Waals surface area contributed by atoms with Crippen LogP contribution in [0.15, 0.2) is 12.7 Å². The second kappa shape index (κ2) is 6.23. The van der Waals surface area contributed by atoms with Crippen LogP contribution in [0.1, 0.15) is 47.0 Å². The molecule has 0 heterocycles. The van der Waals surface area contributed by atoms with Crippen molar-refractivity contribution in [3.63, 3.8) is 0 Å². The van der Waals surface area contributed by atoms with Gasteiger partial charge in [-0.15, -0.1) is 6.58 Å². The second-order valence-electron chi connectivity index (χ2n) is 6.10. The molecule has 1 amide bonds. The van der Waals surface area contributed by atoms with Crippen LogP contribution in [0.5, 0.6) is 0 Å². The van der Waals surface area contributed by atoms with E-state index in [1.54, 1.807) is 0 Å². The molecule has 104 valence electrons. The third-order valence-corrected chi connectivity index (χ3v) is 2.90. The lowest BCUT2D eigenvalue weighted by atomic mass is 9.86. The number of ether oxygens (including phenoxy) is 1. The van der Waals surface area contributed by atoms with E-state index in [1.165, 1.54) is 0 Å². The number of hydrogen-bond acceptors (Lipinski definition) is 3. The fraction of sp³-hybridized carbons (Fsp3) is 0.786. The van der Waals surface area contributed by atoms with Crippen molar-refractivity contribution in [2.75, 3.05) is 0 Å². The number of nitrogens with one attached hydrogen (secondary N) is 2. The summed E-state index contributed by atoms with van der Waals surface area (Å²) in [5.41, 5.74) is -0.427. The van der Waals surface area contributed by atoms with E-state index in [-0.39, 0.29) is 12.1 Å². The molecule has 0 radical (unpaired) electrons. The van der Waals surface area contributed by atoms with Gasteiger partial charge in [-0.2, -0.15) is 0 Å². The Labute approximate surface area is 110 Å². The number of hydrogen-bond donors (Lipinski definition) is 2. The molecule has 1 atom stereocenters. The van der Waals surface area contributed by atoms with Gasteiger partial charge >= 0.3 is 6.09 Å². The van der Waals surface area contributed by atoms with Crippen molar-refractivity contribution < 1.29 is 9.53 Å². The van der Waals surface area contributed by atoms with Crippen LogP contribution in [-0.2, 0) is 4.74 Å². The van der Waals surface area contributed by atoms with Gasteiger partial charge < -0.3 is 15.4 Å². The summed E-state index contributed by atoms with van der Waals surface area (Å²) in [6, 6.07) is 1.20. The minimum Gasteiger partial charge on any atom is -0.444 e. The Hall–Kier alpha value is -1.03. The first-order valence-corrected chi connectivity index (χ1v) is 6.66. The molecular formula is C14H26N2O2. The summed E-state index contributed by atoms with van der Waals surface area (Å²) in [6.07, 6.45) is 4.53. The zero-order chi connectivity index (χ0) is 13.8. The Kier molecular flexibility index (Phi) is 5.20. The van der Waals surface area contributed by atoms with Gasteiger partial charge in [-0.3, -0.25) is 0 Å². The van der Waals surface area contributed by atoms with Crippen LogP contribution in [0.25, 0.3) is 0 Å². The zero-order valence-corrected chi connectivity index (χ0v) is 12.0. The molecule has 1 rings (SSSR count). The van der Waals surface area contributed by atoms with Crippen LogP contribution >= 0.6 is 0 Å². The molecule has 2 N–H and O–H groups in total. The SMILES string of the molecule is C=CCC(C)NC1CC(NC(=O)OC(C)(C)C)C1. The molecular weight excluding hydrogens is 228 g/mol. The van der Waals surface area contributed by atoms with E-state index in [9.17, 15) is 4.79 Å². The van der Waals surface area contributed by atoms with Crippen molar-refractivity contribution in [2.45, 2.75) is 70.7 Å². The highest BCUT2D eigenvalue weighted by Gasteiger charge is 2.31. The molecule has 0 bridgehead atoms. The molecule has 1 fully saturated rings. The molecule has 4 nitrogen and oxygen atoms in total. The molecule has 0 aromatic heterocycles. The van der Waals surface area contributed by atoms with Gasteiger partial charge in [0, 0.05) is 18.1 Å². The molecule has 0 spiro atoms. The highest BCUT2D eigenvalue weighted by atomic mass is 16.6. The van der Waals surface area contributed by atoms with Gasteiger partial charge in [0.2, 0.25) is 0 Å². The van der Waals surface area contributed by atoms with Crippen molar-refractivity contribution >= 4 is 6.09 Å². The molecule has 4 heteroatoms. The summed E-state index contributed by atoms with van der Waals surface area (Å²) in [7, 11) is 0. The summed E-state index contributed by atoms with van der Waals surface area (Å²) in [5, 5.41) is 6.39. The van der Waals surface area contributed by atoms with Crippen molar-refractivity contribution in [1.82, 2.24) is 10.6 Å². The molecule has 18 heavy (non-hydrogen) atoms. The quantitative estimate of drug-likeness (QED) is 0.741. The van der Waals surface area contributed by atoms with Crippen molar-refractivity contribution in [3.8, 4) is 0 Å². The molecule has 0 aromatic carbocycles. The highest BCUT2D eigenvalue weighted by Crippen LogP contribution is 2.21. The van der Waals surface area contributed by atoms with Crippen LogP contribution in [-0.4, -0.2) is 29.8 Å². The van der Waals surface area contributed by atoms with Gasteiger partial charge in [0.05, 0.1) is 0 Å². The van der Waals surface area contributed by atoms with Crippen molar-refractivity contribution in [2.24, 2.45) is 0 Å². The zero-order valence-electron chi connectivity index (χ0n) is 12.0. The largest absolute Gasteiger partial charge is 0.444 e. The smallest absolute Gasteiger partial charge is 0.407 e. The van der Waals surface area contributed by atoms with Crippen LogP contribution in [0, 0.1) is 0 Å². The van der Waals surface area contributed by atoms with Gasteiger partial charge in [-0.1, -0.05) is 6.08 Å². The third kappa shape index (κ3) is 5.54. The lowest BCUT2D eigenvalue weighted by Gasteiger charge is -2.38. The summed E-state index contributed by atoms with van der Waals surface area (Å²) in [6.45, 7) is 11.5. The fourth-order valence-corrected chi connectivity index (χ4v) is 2.07. The highest BCUT2D eigenvalue weighted by molar-refractivity contribution is 5.68. The summed E-state index contributed by atoms with van der Waals surface area (Å²) >= 11 is 0. The van der Waals surface area contributed by atoms with Gasteiger partial charge in [-0.25, -0.2) is 4.79 Å². The maximum Gasteiger partial charge on any atom is 0.407 e. The first kappa shape index (κ1) is 15.0. The van der Waals surface area contributed by atoms with E-state index in [0.717, 1.165) is 19.3 Å². The number of carbonyl (C=O) groups is 1. The van der Waals surface area contributed by atoms with Gasteiger partial charge in [0.15, 0.2) is 0 Å². The van der Waals surface area contributed by atoms with Crippen LogP contribution in [0.4, 0.5) is 4.79 Å². The number of carbonyl (C=O) groups excluding carboxylic acids is 1. The number of amides is 1. The lowest BCUT2D eigenvalue weighted by Crippen LogP contribution is -2.54. The first-order valence-electron chi connectivity index (χ1n) is 6.66. The summed E-state index contributed by atoms with van der Waals surface area (Å²) < 4.78 is 5.22. The summed E-state index contributed by atoms with van der Waals surface area (Å²) in [4.78, 5) is 11.5. The fourth-order valence-electron chi connectivity index (χ4n) is 2.07. The average Bonchev–Trinajstić information content (AvgIpc) is 2.11. The summed E-state index contributed by atoms with van der Waals surface area (Å²) in [5.74, 6) is 0. The Bertz CT molecular complexity index is 291. The Balaban J connectivity index is 2.15. The maximum atomic E-state index is 11.5. The van der Waals surface area contributed by atoms with E-state index in [0.29, 0.717) is 12.1 Å². The van der Waals surface area contributed by atoms with Gasteiger partial charge in [0.1, 0.15) is 5.60 Å². The second-order valence-corrected chi connectivity index (χ2v) is 6.10. The standard InChI is InChI=1S/C14H26N2O2/c1-6-7-10(2)15-11-8-12(9-11)16-13(17)18-14(3,4)5/h6,10-12,15H,1,7-9H2,2-5H3,(H,16,17). The maximum absolute atomic E-state index is 11.5. The van der Waals surface area contributed by atoms with E-state index in [1.807, 2.05) is 26.8 Å². The third-order valence-electron chi connectivity index (χ3n) is 2.90. The molecule has 1 aliphatic rings. The van der Waals surface area contributed by atoms with Crippen molar-refractivity contribution in [1.29, 1.82) is 0 Å². The number of rotatable bonds is 5. The first-order chi connectivity index (χ1) is 8.30. The van der Waals surface area contributed by atoms with Crippen LogP contribution in [0.2, 0.25) is 0 Å². The van der Waals surface area contributed by atoms with E-state index >= 15 is 0 Å². The monoisotopic (exact) mass is 254 g/mol.